The first-order valence-electron chi connectivity index (χ1n) is 7.60. The molecule has 0 aromatic heterocycles. The largest absolute Gasteiger partial charge is 0.364 e. The van der Waals surface area contributed by atoms with E-state index in [1.54, 1.807) is 12.1 Å². The van der Waals surface area contributed by atoms with Crippen LogP contribution in [0.5, 0.6) is 0 Å². The van der Waals surface area contributed by atoms with Crippen molar-refractivity contribution in [2.24, 2.45) is 0 Å². The van der Waals surface area contributed by atoms with Gasteiger partial charge in [-0.1, -0.05) is 54.6 Å². The Morgan fingerprint density at radius 1 is 0.826 bits per heavy atom. The molecule has 0 saturated carbocycles. The minimum Gasteiger partial charge on any atom is -0.364 e. The molecule has 1 aliphatic carbocycles. The fourth-order valence-electron chi connectivity index (χ4n) is 2.76. The van der Waals surface area contributed by atoms with Gasteiger partial charge in [0, 0.05) is 30.0 Å². The van der Waals surface area contributed by atoms with Gasteiger partial charge in [-0.25, -0.2) is 0 Å². The smallest absolute Gasteiger partial charge is 0.211 e. The third-order valence-corrected chi connectivity index (χ3v) is 5.19. The molecule has 114 valence electrons. The van der Waals surface area contributed by atoms with Crippen LogP contribution in [0.4, 0.5) is 0 Å². The van der Waals surface area contributed by atoms with Gasteiger partial charge in [-0.15, -0.1) is 11.8 Å². The summed E-state index contributed by atoms with van der Waals surface area (Å²) in [5, 5.41) is 0. The highest BCUT2D eigenvalue weighted by Crippen LogP contribution is 2.37. The summed E-state index contributed by atoms with van der Waals surface area (Å²) < 4.78 is 0. The molecular weight excluding hydrogens is 306 g/mol. The standard InChI is InChI=1S/C19H15NO2S/c21-17-14-8-4-5-9-15(14)18(22)19(16(17)20-10-11-20)23-12-13-6-2-1-3-7-13/h1-9H,10-12H2. The molecule has 2 aromatic carbocycles. The lowest BCUT2D eigenvalue weighted by Gasteiger charge is -2.21. The van der Waals surface area contributed by atoms with Crippen LogP contribution in [0.25, 0.3) is 0 Å². The van der Waals surface area contributed by atoms with Gasteiger partial charge in [0.1, 0.15) is 5.70 Å². The predicted octanol–water partition coefficient (Wildman–Crippen LogP) is 3.53. The number of hydrogen-bond acceptors (Lipinski definition) is 4. The number of carbonyl (C=O) groups is 2. The van der Waals surface area contributed by atoms with Gasteiger partial charge >= 0.3 is 0 Å². The third kappa shape index (κ3) is 2.59. The molecule has 1 fully saturated rings. The lowest BCUT2D eigenvalue weighted by Crippen LogP contribution is -2.24. The molecule has 2 aliphatic rings. The Labute approximate surface area is 139 Å². The quantitative estimate of drug-likeness (QED) is 0.807. The molecule has 3 nitrogen and oxygen atoms in total. The summed E-state index contributed by atoms with van der Waals surface area (Å²) in [6, 6.07) is 17.1. The fraction of sp³-hybridized carbons (Fsp3) is 0.158. The van der Waals surface area contributed by atoms with Crippen LogP contribution in [0, 0.1) is 0 Å². The summed E-state index contributed by atoms with van der Waals surface area (Å²) in [5.41, 5.74) is 2.80. The first kappa shape index (κ1) is 14.3. The van der Waals surface area contributed by atoms with E-state index in [-0.39, 0.29) is 11.6 Å². The number of nitrogens with zero attached hydrogens (tertiary/aromatic N) is 1. The predicted molar refractivity (Wildman–Crippen MR) is 91.4 cm³/mol. The second-order valence-corrected chi connectivity index (χ2v) is 6.63. The maximum atomic E-state index is 12.9. The number of fused-ring (bicyclic) bond motifs is 1. The average molecular weight is 321 g/mol. The lowest BCUT2D eigenvalue weighted by molar-refractivity contribution is 0.0967. The summed E-state index contributed by atoms with van der Waals surface area (Å²) in [6.45, 7) is 1.71. The number of rotatable bonds is 4. The van der Waals surface area contributed by atoms with E-state index in [1.165, 1.54) is 11.8 Å². The van der Waals surface area contributed by atoms with Crippen molar-refractivity contribution in [1.29, 1.82) is 0 Å². The Morgan fingerprint density at radius 2 is 1.43 bits per heavy atom. The molecule has 0 unspecified atom stereocenters. The highest BCUT2D eigenvalue weighted by molar-refractivity contribution is 8.03. The zero-order valence-electron chi connectivity index (χ0n) is 12.5. The molecule has 0 atom stereocenters. The molecule has 23 heavy (non-hydrogen) atoms. The monoisotopic (exact) mass is 321 g/mol. The van der Waals surface area contributed by atoms with Crippen molar-refractivity contribution in [1.82, 2.24) is 4.90 Å². The number of Topliss-reactive ketones (excluding diaryl/α,β-unsaturated/α-hetero) is 2. The summed E-state index contributed by atoms with van der Waals surface area (Å²) in [6.07, 6.45) is 0. The Bertz CT molecular complexity index is 822. The van der Waals surface area contributed by atoms with Crippen molar-refractivity contribution >= 4 is 23.3 Å². The minimum atomic E-state index is -0.0250. The molecule has 0 spiro atoms. The molecule has 0 N–H and O–H groups in total. The molecule has 1 aliphatic heterocycles. The fourth-order valence-corrected chi connectivity index (χ4v) is 3.87. The maximum Gasteiger partial charge on any atom is 0.211 e. The van der Waals surface area contributed by atoms with Crippen LogP contribution < -0.4 is 0 Å². The first-order valence-corrected chi connectivity index (χ1v) is 8.58. The Kier molecular flexibility index (Phi) is 3.54. The number of benzene rings is 2. The molecule has 4 rings (SSSR count). The van der Waals surface area contributed by atoms with Crippen LogP contribution >= 0.6 is 11.8 Å². The van der Waals surface area contributed by atoms with Gasteiger partial charge in [0.2, 0.25) is 11.6 Å². The van der Waals surface area contributed by atoms with Crippen molar-refractivity contribution in [2.75, 3.05) is 13.1 Å². The zero-order valence-corrected chi connectivity index (χ0v) is 13.3. The highest BCUT2D eigenvalue weighted by atomic mass is 32.2. The van der Waals surface area contributed by atoms with E-state index in [2.05, 4.69) is 0 Å². The van der Waals surface area contributed by atoms with Gasteiger partial charge in [-0.05, 0) is 5.56 Å². The van der Waals surface area contributed by atoms with Gasteiger partial charge in [-0.2, -0.15) is 0 Å². The van der Waals surface area contributed by atoms with Crippen molar-refractivity contribution < 1.29 is 9.59 Å². The number of hydrogen-bond donors (Lipinski definition) is 0. The normalized spacial score (nSPS) is 16.6. The Hall–Kier alpha value is -2.33. The Balaban J connectivity index is 1.71. The molecule has 2 aromatic rings. The van der Waals surface area contributed by atoms with Crippen molar-refractivity contribution in [3.8, 4) is 0 Å². The second-order valence-electron chi connectivity index (χ2n) is 5.64. The SMILES string of the molecule is O=C1C(SCc2ccccc2)=C(N2CC2)C(=O)c2ccccc21. The molecule has 0 radical (unpaired) electrons. The molecule has 4 heteroatoms. The van der Waals surface area contributed by atoms with Gasteiger partial charge in [-0.3, -0.25) is 9.59 Å². The topological polar surface area (TPSA) is 37.1 Å². The van der Waals surface area contributed by atoms with Gasteiger partial charge in [0.05, 0.1) is 4.91 Å². The van der Waals surface area contributed by atoms with Gasteiger partial charge in [0.25, 0.3) is 0 Å². The van der Waals surface area contributed by atoms with Crippen LogP contribution in [0.15, 0.2) is 65.2 Å². The van der Waals surface area contributed by atoms with Crippen LogP contribution in [-0.4, -0.2) is 29.6 Å². The average Bonchev–Trinajstić information content (AvgIpc) is 3.42. The van der Waals surface area contributed by atoms with Crippen LogP contribution in [0.3, 0.4) is 0 Å². The molecule has 1 saturated heterocycles. The highest BCUT2D eigenvalue weighted by Gasteiger charge is 2.38. The molecule has 1 heterocycles. The maximum absolute atomic E-state index is 12.9. The van der Waals surface area contributed by atoms with E-state index < -0.39 is 0 Å². The third-order valence-electron chi connectivity index (χ3n) is 4.04. The van der Waals surface area contributed by atoms with Gasteiger partial charge in [0.15, 0.2) is 0 Å². The summed E-state index contributed by atoms with van der Waals surface area (Å²) in [4.78, 5) is 28.3. The van der Waals surface area contributed by atoms with E-state index in [1.807, 2.05) is 47.4 Å². The Morgan fingerprint density at radius 3 is 2.09 bits per heavy atom. The number of allylic oxidation sites excluding steroid dienone is 2. The minimum absolute atomic E-state index is 0.0201. The summed E-state index contributed by atoms with van der Waals surface area (Å²) in [7, 11) is 0. The van der Waals surface area contributed by atoms with E-state index in [0.29, 0.717) is 27.5 Å². The number of ketones is 2. The van der Waals surface area contributed by atoms with Gasteiger partial charge < -0.3 is 4.90 Å². The summed E-state index contributed by atoms with van der Waals surface area (Å²) >= 11 is 1.47. The number of carbonyl (C=O) groups excluding carboxylic acids is 2. The van der Waals surface area contributed by atoms with Crippen LogP contribution in [0.2, 0.25) is 0 Å². The first-order chi connectivity index (χ1) is 11.3. The molecular formula is C19H15NO2S. The van der Waals surface area contributed by atoms with Crippen LogP contribution in [-0.2, 0) is 5.75 Å². The second kappa shape index (κ2) is 5.70. The van der Waals surface area contributed by atoms with Crippen molar-refractivity contribution in [2.45, 2.75) is 5.75 Å². The van der Waals surface area contributed by atoms with Crippen LogP contribution in [0.1, 0.15) is 26.3 Å². The van der Waals surface area contributed by atoms with E-state index in [0.717, 1.165) is 18.7 Å². The summed E-state index contributed by atoms with van der Waals surface area (Å²) in [5.74, 6) is 0.644. The van der Waals surface area contributed by atoms with E-state index in [9.17, 15) is 9.59 Å². The number of thioether (sulfide) groups is 1. The van der Waals surface area contributed by atoms with E-state index >= 15 is 0 Å². The molecule has 0 amide bonds. The zero-order chi connectivity index (χ0) is 15.8. The van der Waals surface area contributed by atoms with Crippen molar-refractivity contribution in [3.05, 3.63) is 81.9 Å². The van der Waals surface area contributed by atoms with Crippen molar-refractivity contribution in [3.63, 3.8) is 0 Å². The molecule has 0 bridgehead atoms. The lowest BCUT2D eigenvalue weighted by atomic mass is 9.92. The van der Waals surface area contributed by atoms with E-state index in [4.69, 9.17) is 0 Å².